The number of imide groups is 1. The third-order valence-corrected chi connectivity index (χ3v) is 6.42. The average Bonchev–Trinajstić information content (AvgIpc) is 3.09. The van der Waals surface area contributed by atoms with Crippen molar-refractivity contribution in [2.75, 3.05) is 12.0 Å². The number of nitrogens with zero attached hydrogens (tertiary/aromatic N) is 1. The monoisotopic (exact) mass is 503 g/mol. The fourth-order valence-electron chi connectivity index (χ4n) is 4.07. The molecule has 9 heteroatoms. The minimum absolute atomic E-state index is 0.0802. The number of anilines is 1. The van der Waals surface area contributed by atoms with E-state index < -0.39 is 12.1 Å². The summed E-state index contributed by atoms with van der Waals surface area (Å²) in [6, 6.07) is 9.94. The lowest BCUT2D eigenvalue weighted by Gasteiger charge is -2.19. The maximum Gasteiger partial charge on any atom is 0.346 e. The molecule has 1 atom stereocenters. The number of carbonyl (C=O) groups is 3. The minimum Gasteiger partial charge on any atom is -0.489 e. The van der Waals surface area contributed by atoms with E-state index in [4.69, 9.17) is 37.4 Å². The first-order valence-corrected chi connectivity index (χ1v) is 11.6. The molecule has 1 heterocycles. The summed E-state index contributed by atoms with van der Waals surface area (Å²) in [5, 5.41) is 0.550. The summed E-state index contributed by atoms with van der Waals surface area (Å²) in [6.45, 7) is 1.64. The number of hydrogen-bond acceptors (Lipinski definition) is 6. The molecule has 0 unspecified atom stereocenters. The molecule has 0 saturated heterocycles. The van der Waals surface area contributed by atoms with Crippen molar-refractivity contribution < 1.29 is 28.6 Å². The molecule has 2 aromatic carbocycles. The molecule has 7 nitrogen and oxygen atoms in total. The number of ether oxygens (including phenoxy) is 3. The highest BCUT2D eigenvalue weighted by molar-refractivity contribution is 6.39. The fourth-order valence-corrected chi connectivity index (χ4v) is 4.56. The number of amides is 2. The van der Waals surface area contributed by atoms with Gasteiger partial charge in [-0.15, -0.1) is 0 Å². The molecule has 0 radical (unpaired) electrons. The lowest BCUT2D eigenvalue weighted by atomic mass is 9.93. The number of hydrogen-bond donors (Lipinski definition) is 0. The Balaban J connectivity index is 1.50. The van der Waals surface area contributed by atoms with Crippen molar-refractivity contribution in [1.29, 1.82) is 0 Å². The highest BCUT2D eigenvalue weighted by Gasteiger charge is 2.40. The van der Waals surface area contributed by atoms with E-state index in [2.05, 4.69) is 0 Å². The molecule has 178 valence electrons. The molecule has 0 saturated carbocycles. The van der Waals surface area contributed by atoms with Crippen molar-refractivity contribution >= 4 is 46.7 Å². The SMILES string of the molecule is COC(=O)[C@@H](C)Oc1c(Cl)cccc1COc1ccc(N2C(=O)C3=C(CCCC3)C2=O)c(Cl)c1. The van der Waals surface area contributed by atoms with Gasteiger partial charge in [0.25, 0.3) is 11.8 Å². The Hall–Kier alpha value is -3.03. The van der Waals surface area contributed by atoms with Crippen LogP contribution in [0.15, 0.2) is 47.5 Å². The number of benzene rings is 2. The van der Waals surface area contributed by atoms with Crippen molar-refractivity contribution in [2.24, 2.45) is 0 Å². The van der Waals surface area contributed by atoms with Gasteiger partial charge in [-0.05, 0) is 50.8 Å². The number of halogens is 2. The molecular weight excluding hydrogens is 481 g/mol. The van der Waals surface area contributed by atoms with E-state index in [1.807, 2.05) is 0 Å². The Morgan fingerprint density at radius 1 is 1.03 bits per heavy atom. The Morgan fingerprint density at radius 3 is 2.32 bits per heavy atom. The molecule has 0 fully saturated rings. The highest BCUT2D eigenvalue weighted by Crippen LogP contribution is 2.39. The molecule has 2 aromatic rings. The summed E-state index contributed by atoms with van der Waals surface area (Å²) in [5.74, 6) is -0.380. The molecule has 2 aliphatic rings. The maximum atomic E-state index is 12.8. The van der Waals surface area contributed by atoms with Crippen LogP contribution in [0.3, 0.4) is 0 Å². The van der Waals surface area contributed by atoms with Crippen molar-refractivity contribution in [2.45, 2.75) is 45.3 Å². The van der Waals surface area contributed by atoms with Crippen LogP contribution in [0.25, 0.3) is 0 Å². The van der Waals surface area contributed by atoms with Gasteiger partial charge in [0.2, 0.25) is 0 Å². The van der Waals surface area contributed by atoms with Gasteiger partial charge in [0, 0.05) is 22.8 Å². The maximum absolute atomic E-state index is 12.8. The van der Waals surface area contributed by atoms with Gasteiger partial charge in [0.15, 0.2) is 6.10 Å². The van der Waals surface area contributed by atoms with Crippen LogP contribution in [-0.4, -0.2) is 31.0 Å². The van der Waals surface area contributed by atoms with E-state index in [1.54, 1.807) is 43.3 Å². The van der Waals surface area contributed by atoms with Gasteiger partial charge in [-0.3, -0.25) is 9.59 Å². The van der Waals surface area contributed by atoms with Gasteiger partial charge >= 0.3 is 5.97 Å². The molecule has 4 rings (SSSR count). The second-order valence-electron chi connectivity index (χ2n) is 8.02. The smallest absolute Gasteiger partial charge is 0.346 e. The number of para-hydroxylation sites is 1. The first-order valence-electron chi connectivity index (χ1n) is 10.9. The summed E-state index contributed by atoms with van der Waals surface area (Å²) in [6.07, 6.45) is 2.19. The van der Waals surface area contributed by atoms with Crippen LogP contribution >= 0.6 is 23.2 Å². The van der Waals surface area contributed by atoms with Crippen LogP contribution in [0, 0.1) is 0 Å². The first kappa shape index (κ1) is 24.1. The third-order valence-electron chi connectivity index (χ3n) is 5.82. The molecule has 2 amide bonds. The normalized spacial score (nSPS) is 16.4. The zero-order valence-corrected chi connectivity index (χ0v) is 20.2. The zero-order chi connectivity index (χ0) is 24.4. The predicted octanol–water partition coefficient (Wildman–Crippen LogP) is 5.26. The zero-order valence-electron chi connectivity index (χ0n) is 18.7. The fraction of sp³-hybridized carbons (Fsp3) is 0.320. The van der Waals surface area contributed by atoms with Gasteiger partial charge in [-0.1, -0.05) is 35.3 Å². The second-order valence-corrected chi connectivity index (χ2v) is 8.84. The number of rotatable bonds is 7. The quantitative estimate of drug-likeness (QED) is 0.378. The number of esters is 1. The molecule has 0 bridgehead atoms. The first-order chi connectivity index (χ1) is 16.3. The summed E-state index contributed by atoms with van der Waals surface area (Å²) >= 11 is 12.7. The van der Waals surface area contributed by atoms with Crippen LogP contribution in [0.4, 0.5) is 5.69 Å². The molecule has 0 aromatic heterocycles. The van der Waals surface area contributed by atoms with Gasteiger partial charge in [-0.2, -0.15) is 0 Å². The number of carbonyl (C=O) groups excluding carboxylic acids is 3. The molecular formula is C25H23Cl2NO6. The molecule has 1 aliphatic carbocycles. The van der Waals surface area contributed by atoms with Crippen LogP contribution in [0.5, 0.6) is 11.5 Å². The summed E-state index contributed by atoms with van der Waals surface area (Å²) < 4.78 is 16.3. The van der Waals surface area contributed by atoms with Gasteiger partial charge in [-0.25, -0.2) is 9.69 Å². The Bertz CT molecular complexity index is 1160. The second kappa shape index (κ2) is 10.1. The van der Waals surface area contributed by atoms with Crippen molar-refractivity contribution in [3.05, 3.63) is 63.2 Å². The highest BCUT2D eigenvalue weighted by atomic mass is 35.5. The molecule has 0 spiro atoms. The lowest BCUT2D eigenvalue weighted by molar-refractivity contribution is -0.148. The van der Waals surface area contributed by atoms with Crippen LogP contribution in [-0.2, 0) is 25.7 Å². The van der Waals surface area contributed by atoms with Gasteiger partial charge in [0.05, 0.1) is 22.8 Å². The molecule has 0 N–H and O–H groups in total. The minimum atomic E-state index is -0.854. The van der Waals surface area contributed by atoms with Crippen molar-refractivity contribution in [3.63, 3.8) is 0 Å². The summed E-state index contributed by atoms with van der Waals surface area (Å²) in [7, 11) is 1.28. The Morgan fingerprint density at radius 2 is 1.71 bits per heavy atom. The van der Waals surface area contributed by atoms with E-state index >= 15 is 0 Å². The van der Waals surface area contributed by atoms with Crippen LogP contribution in [0.2, 0.25) is 10.0 Å². The van der Waals surface area contributed by atoms with Crippen molar-refractivity contribution in [3.8, 4) is 11.5 Å². The Kier molecular flexibility index (Phi) is 7.14. The van der Waals surface area contributed by atoms with Crippen molar-refractivity contribution in [1.82, 2.24) is 0 Å². The van der Waals surface area contributed by atoms with E-state index in [-0.39, 0.29) is 23.4 Å². The van der Waals surface area contributed by atoms with Gasteiger partial charge < -0.3 is 14.2 Å². The summed E-state index contributed by atoms with van der Waals surface area (Å²) in [5.41, 5.74) is 2.15. The van der Waals surface area contributed by atoms with E-state index in [0.717, 1.165) is 17.7 Å². The van der Waals surface area contributed by atoms with E-state index in [1.165, 1.54) is 7.11 Å². The average molecular weight is 504 g/mol. The predicted molar refractivity (Wildman–Crippen MR) is 127 cm³/mol. The van der Waals surface area contributed by atoms with Crippen LogP contribution < -0.4 is 14.4 Å². The number of methoxy groups -OCH3 is 1. The Labute approximate surface area is 207 Å². The topological polar surface area (TPSA) is 82.1 Å². The molecule has 1 aliphatic heterocycles. The third kappa shape index (κ3) is 4.63. The largest absolute Gasteiger partial charge is 0.489 e. The van der Waals surface area contributed by atoms with Gasteiger partial charge in [0.1, 0.15) is 18.1 Å². The standard InChI is InChI=1S/C25H23Cl2NO6/c1-14(25(31)32-2)34-22-15(6-5-9-19(22)26)13-33-16-10-11-21(20(27)12-16)28-23(29)17-7-3-4-8-18(17)24(28)30/h5-6,9-12,14H,3-4,7-8,13H2,1-2H3/t14-/m1/s1. The molecule has 34 heavy (non-hydrogen) atoms. The van der Waals surface area contributed by atoms with Crippen LogP contribution in [0.1, 0.15) is 38.2 Å². The lowest BCUT2D eigenvalue weighted by Crippen LogP contribution is -2.31. The van der Waals surface area contributed by atoms with E-state index in [0.29, 0.717) is 51.8 Å². The van der Waals surface area contributed by atoms with E-state index in [9.17, 15) is 14.4 Å². The summed E-state index contributed by atoms with van der Waals surface area (Å²) in [4.78, 5) is 38.5.